The monoisotopic (exact) mass is 360 g/mol. The van der Waals surface area contributed by atoms with Crippen LogP contribution in [-0.2, 0) is 5.75 Å². The third-order valence-corrected chi connectivity index (χ3v) is 4.43. The lowest BCUT2D eigenvalue weighted by atomic mass is 10.1. The molecule has 21 heavy (non-hydrogen) atoms. The number of thioether (sulfide) groups is 1. The second-order valence-corrected chi connectivity index (χ2v) is 6.19. The molecule has 3 rings (SSSR count). The third kappa shape index (κ3) is 2.84. The van der Waals surface area contributed by atoms with Gasteiger partial charge < -0.3 is 5.73 Å². The lowest BCUT2D eigenvalue weighted by Gasteiger charge is -2.05. The van der Waals surface area contributed by atoms with E-state index in [4.69, 9.17) is 5.73 Å². The van der Waals surface area contributed by atoms with Gasteiger partial charge in [0.15, 0.2) is 5.65 Å². The van der Waals surface area contributed by atoms with E-state index in [0.717, 1.165) is 14.9 Å². The molecule has 0 amide bonds. The van der Waals surface area contributed by atoms with E-state index in [2.05, 4.69) is 42.4 Å². The summed E-state index contributed by atoms with van der Waals surface area (Å²) >= 11 is 4.91. The number of halogens is 1. The maximum Gasteiger partial charge on any atom is 0.179 e. The second kappa shape index (κ2) is 5.71. The van der Waals surface area contributed by atoms with Crippen LogP contribution in [0, 0.1) is 11.3 Å². The number of nitrogens with one attached hydrogen (secondary N) is 1. The van der Waals surface area contributed by atoms with Gasteiger partial charge >= 0.3 is 0 Å². The number of benzene rings is 1. The molecule has 3 N–H and O–H groups in total. The summed E-state index contributed by atoms with van der Waals surface area (Å²) in [4.78, 5) is 5.01. The number of nitriles is 1. The van der Waals surface area contributed by atoms with Gasteiger partial charge in [0.05, 0.1) is 11.6 Å². The van der Waals surface area contributed by atoms with Crippen LogP contribution in [0.4, 0.5) is 5.82 Å². The molecule has 0 spiro atoms. The fourth-order valence-corrected chi connectivity index (χ4v) is 3.28. The number of hydrogen-bond donors (Lipinski definition) is 2. The first-order valence-corrected chi connectivity index (χ1v) is 7.74. The van der Waals surface area contributed by atoms with Crippen LogP contribution in [0.25, 0.3) is 11.2 Å². The summed E-state index contributed by atoms with van der Waals surface area (Å²) < 4.78 is 0.889. The Hall–Kier alpha value is -2.11. The molecule has 104 valence electrons. The zero-order valence-electron chi connectivity index (χ0n) is 10.7. The van der Waals surface area contributed by atoms with Gasteiger partial charge in [-0.15, -0.1) is 16.9 Å². The molecule has 0 radical (unpaired) electrons. The van der Waals surface area contributed by atoms with E-state index in [1.165, 1.54) is 0 Å². The van der Waals surface area contributed by atoms with Gasteiger partial charge in [0.2, 0.25) is 0 Å². The summed E-state index contributed by atoms with van der Waals surface area (Å²) in [5.41, 5.74) is 8.62. The van der Waals surface area contributed by atoms with Crippen molar-refractivity contribution in [1.29, 1.82) is 5.26 Å². The average Bonchev–Trinajstić information content (AvgIpc) is 2.93. The molecule has 0 aliphatic carbocycles. The zero-order chi connectivity index (χ0) is 14.8. The van der Waals surface area contributed by atoms with E-state index >= 15 is 0 Å². The van der Waals surface area contributed by atoms with Crippen molar-refractivity contribution >= 4 is 44.7 Å². The maximum absolute atomic E-state index is 9.19. The predicted octanol–water partition coefficient (Wildman–Crippen LogP) is 2.86. The van der Waals surface area contributed by atoms with Crippen LogP contribution < -0.4 is 5.73 Å². The Morgan fingerprint density at radius 2 is 2.24 bits per heavy atom. The van der Waals surface area contributed by atoms with Gasteiger partial charge in [-0.1, -0.05) is 27.2 Å². The summed E-state index contributed by atoms with van der Waals surface area (Å²) in [5, 5.41) is 19.6. The number of pyridine rings is 1. The minimum absolute atomic E-state index is 0.410. The van der Waals surface area contributed by atoms with Crippen molar-refractivity contribution < 1.29 is 0 Å². The quantitative estimate of drug-likeness (QED) is 0.695. The summed E-state index contributed by atoms with van der Waals surface area (Å²) in [6, 6.07) is 9.62. The number of H-pyrrole nitrogens is 1. The molecular weight excluding hydrogens is 352 g/mol. The highest BCUT2D eigenvalue weighted by Gasteiger charge is 2.10. The largest absolute Gasteiger partial charge is 0.384 e. The van der Waals surface area contributed by atoms with Crippen LogP contribution >= 0.6 is 27.7 Å². The Morgan fingerprint density at radius 3 is 3.05 bits per heavy atom. The minimum Gasteiger partial charge on any atom is -0.384 e. The molecule has 8 heteroatoms. The van der Waals surface area contributed by atoms with E-state index in [1.54, 1.807) is 17.8 Å². The van der Waals surface area contributed by atoms with Gasteiger partial charge in [-0.3, -0.25) is 0 Å². The van der Waals surface area contributed by atoms with E-state index in [1.807, 2.05) is 18.2 Å². The van der Waals surface area contributed by atoms with Gasteiger partial charge in [-0.25, -0.2) is 10.1 Å². The van der Waals surface area contributed by atoms with Gasteiger partial charge in [0.25, 0.3) is 0 Å². The molecule has 0 saturated carbocycles. The molecule has 0 aliphatic rings. The third-order valence-electron chi connectivity index (χ3n) is 2.86. The first-order valence-electron chi connectivity index (χ1n) is 5.96. The summed E-state index contributed by atoms with van der Waals surface area (Å²) in [5.74, 6) is 1.05. The minimum atomic E-state index is 0.410. The van der Waals surface area contributed by atoms with Gasteiger partial charge in [-0.05, 0) is 23.8 Å². The number of nitrogens with zero attached hydrogens (tertiary/aromatic N) is 4. The van der Waals surface area contributed by atoms with Crippen molar-refractivity contribution in [2.24, 2.45) is 0 Å². The molecule has 0 atom stereocenters. The van der Waals surface area contributed by atoms with E-state index in [9.17, 15) is 5.26 Å². The van der Waals surface area contributed by atoms with Crippen molar-refractivity contribution in [1.82, 2.24) is 20.4 Å². The maximum atomic E-state index is 9.19. The van der Waals surface area contributed by atoms with Crippen molar-refractivity contribution in [3.8, 4) is 6.07 Å². The Morgan fingerprint density at radius 1 is 1.38 bits per heavy atom. The fraction of sp³-hybridized carbons (Fsp3) is 0.0769. The Kier molecular flexibility index (Phi) is 3.77. The SMILES string of the molecule is N#Cc1cc(Br)ccc1CSc1cc(N)nc2[nH]nnc12. The number of fused-ring (bicyclic) bond motifs is 1. The molecule has 1 aromatic carbocycles. The molecular formula is C13H9BrN6S. The average molecular weight is 361 g/mol. The molecule has 2 heterocycles. The van der Waals surface area contributed by atoms with Crippen LogP contribution in [0.15, 0.2) is 33.6 Å². The van der Waals surface area contributed by atoms with Crippen molar-refractivity contribution in [2.45, 2.75) is 10.6 Å². The van der Waals surface area contributed by atoms with Crippen LogP contribution in [0.1, 0.15) is 11.1 Å². The number of hydrogen-bond acceptors (Lipinski definition) is 6. The molecule has 2 aromatic heterocycles. The highest BCUT2D eigenvalue weighted by molar-refractivity contribution is 9.10. The predicted molar refractivity (Wildman–Crippen MR) is 84.5 cm³/mol. The van der Waals surface area contributed by atoms with Crippen molar-refractivity contribution in [3.05, 3.63) is 39.9 Å². The first kappa shape index (κ1) is 13.9. The lowest BCUT2D eigenvalue weighted by Crippen LogP contribution is -1.93. The molecule has 3 aromatic rings. The van der Waals surface area contributed by atoms with Crippen LogP contribution in [0.2, 0.25) is 0 Å². The number of aromatic nitrogens is 4. The Labute approximate surface area is 132 Å². The van der Waals surface area contributed by atoms with Gasteiger partial charge in [0.1, 0.15) is 11.3 Å². The van der Waals surface area contributed by atoms with Crippen molar-refractivity contribution in [3.63, 3.8) is 0 Å². The molecule has 0 saturated heterocycles. The first-order chi connectivity index (χ1) is 10.2. The highest BCUT2D eigenvalue weighted by atomic mass is 79.9. The number of nitrogens with two attached hydrogens (primary N) is 1. The van der Waals surface area contributed by atoms with Crippen LogP contribution in [0.3, 0.4) is 0 Å². The summed E-state index contributed by atoms with van der Waals surface area (Å²) in [6.07, 6.45) is 0. The Balaban J connectivity index is 1.90. The highest BCUT2D eigenvalue weighted by Crippen LogP contribution is 2.30. The molecule has 0 fully saturated rings. The van der Waals surface area contributed by atoms with Crippen LogP contribution in [-0.4, -0.2) is 20.4 Å². The number of nitrogen functional groups attached to an aromatic ring is 1. The standard InChI is InChI=1S/C13H9BrN6S/c14-9-2-1-7(8(3-9)5-15)6-21-10-4-11(16)17-13-12(10)18-20-19-13/h1-4H,6H2,(H3,16,17,18,19,20). The normalized spacial score (nSPS) is 10.7. The van der Waals surface area contributed by atoms with E-state index in [0.29, 0.717) is 28.3 Å². The van der Waals surface area contributed by atoms with E-state index < -0.39 is 0 Å². The van der Waals surface area contributed by atoms with Crippen LogP contribution in [0.5, 0.6) is 0 Å². The lowest BCUT2D eigenvalue weighted by molar-refractivity contribution is 0.953. The summed E-state index contributed by atoms with van der Waals surface area (Å²) in [6.45, 7) is 0. The fourth-order valence-electron chi connectivity index (χ4n) is 1.87. The molecule has 0 bridgehead atoms. The van der Waals surface area contributed by atoms with Crippen molar-refractivity contribution in [2.75, 3.05) is 5.73 Å². The molecule has 6 nitrogen and oxygen atoms in total. The smallest absolute Gasteiger partial charge is 0.179 e. The molecule has 0 unspecified atom stereocenters. The number of rotatable bonds is 3. The zero-order valence-corrected chi connectivity index (χ0v) is 13.1. The van der Waals surface area contributed by atoms with Gasteiger partial charge in [0, 0.05) is 15.1 Å². The number of anilines is 1. The molecule has 0 aliphatic heterocycles. The topological polar surface area (TPSA) is 104 Å². The Bertz CT molecular complexity index is 853. The van der Waals surface area contributed by atoms with Gasteiger partial charge in [-0.2, -0.15) is 5.26 Å². The second-order valence-electron chi connectivity index (χ2n) is 4.26. The van der Waals surface area contributed by atoms with E-state index in [-0.39, 0.29) is 0 Å². The number of aromatic amines is 1. The summed E-state index contributed by atoms with van der Waals surface area (Å²) in [7, 11) is 0.